The van der Waals surface area contributed by atoms with Gasteiger partial charge in [-0.05, 0) is 44.0 Å². The van der Waals surface area contributed by atoms with Gasteiger partial charge in [-0.3, -0.25) is 0 Å². The first-order valence-corrected chi connectivity index (χ1v) is 10.4. The van der Waals surface area contributed by atoms with Crippen LogP contribution in [0.3, 0.4) is 0 Å². The number of hydrogen-bond acceptors (Lipinski definition) is 5. The second-order valence-electron chi connectivity index (χ2n) is 6.82. The van der Waals surface area contributed by atoms with Crippen LogP contribution >= 0.6 is 0 Å². The molecule has 6 nitrogen and oxygen atoms in total. The molecule has 1 saturated heterocycles. The largest absolute Gasteiger partial charge is 0.334 e. The summed E-state index contributed by atoms with van der Waals surface area (Å²) in [5.41, 5.74) is 1.93. The van der Waals surface area contributed by atoms with Gasteiger partial charge in [0.25, 0.3) is 5.89 Å². The molecule has 0 radical (unpaired) electrons. The number of aryl methyl sites for hydroxylation is 1. The molecule has 0 saturated carbocycles. The Morgan fingerprint density at radius 1 is 1.00 bits per heavy atom. The number of piperidine rings is 1. The predicted molar refractivity (Wildman–Crippen MR) is 102 cm³/mol. The highest BCUT2D eigenvalue weighted by molar-refractivity contribution is 7.89. The Hall–Kier alpha value is -2.51. The van der Waals surface area contributed by atoms with E-state index in [1.165, 1.54) is 0 Å². The lowest BCUT2D eigenvalue weighted by atomic mass is 9.97. The van der Waals surface area contributed by atoms with E-state index in [-0.39, 0.29) is 5.92 Å². The maximum Gasteiger partial charge on any atom is 0.257 e. The third kappa shape index (κ3) is 3.65. The van der Waals surface area contributed by atoms with Crippen LogP contribution in [0.1, 0.15) is 30.1 Å². The van der Waals surface area contributed by atoms with Crippen molar-refractivity contribution >= 4 is 10.0 Å². The standard InChI is InChI=1S/C20H21N3O3S/c1-15-7-9-18(10-8-15)27(24,25)23-13-11-16(12-14-23)19-21-20(26-22-19)17-5-3-2-4-6-17/h2-10,16H,11-14H2,1H3. The SMILES string of the molecule is Cc1ccc(S(=O)(=O)N2CCC(c3noc(-c4ccccc4)n3)CC2)cc1. The number of rotatable bonds is 4. The molecule has 0 N–H and O–H groups in total. The van der Waals surface area contributed by atoms with Crippen LogP contribution in [0.25, 0.3) is 11.5 Å². The van der Waals surface area contributed by atoms with E-state index in [1.807, 2.05) is 49.4 Å². The quantitative estimate of drug-likeness (QED) is 0.688. The molecule has 1 aliphatic rings. The van der Waals surface area contributed by atoms with Gasteiger partial charge in [0, 0.05) is 24.6 Å². The minimum atomic E-state index is -3.45. The highest BCUT2D eigenvalue weighted by Crippen LogP contribution is 2.30. The molecule has 0 spiro atoms. The number of nitrogens with zero attached hydrogens (tertiary/aromatic N) is 3. The molecule has 3 aromatic rings. The second-order valence-corrected chi connectivity index (χ2v) is 8.75. The Morgan fingerprint density at radius 2 is 1.67 bits per heavy atom. The van der Waals surface area contributed by atoms with Crippen LogP contribution in [0.4, 0.5) is 0 Å². The number of sulfonamides is 1. The van der Waals surface area contributed by atoms with Gasteiger partial charge < -0.3 is 4.52 Å². The molecular weight excluding hydrogens is 362 g/mol. The fourth-order valence-corrected chi connectivity index (χ4v) is 4.78. The molecule has 7 heteroatoms. The van der Waals surface area contributed by atoms with Crippen LogP contribution in [0, 0.1) is 6.92 Å². The summed E-state index contributed by atoms with van der Waals surface area (Å²) in [6, 6.07) is 16.6. The van der Waals surface area contributed by atoms with Crippen molar-refractivity contribution in [2.45, 2.75) is 30.6 Å². The van der Waals surface area contributed by atoms with Crippen LogP contribution in [0.2, 0.25) is 0 Å². The molecule has 0 bridgehead atoms. The van der Waals surface area contributed by atoms with Crippen molar-refractivity contribution in [1.29, 1.82) is 0 Å². The minimum absolute atomic E-state index is 0.107. The average Bonchev–Trinajstić information content (AvgIpc) is 3.19. The van der Waals surface area contributed by atoms with E-state index in [2.05, 4.69) is 10.1 Å². The zero-order valence-electron chi connectivity index (χ0n) is 15.1. The van der Waals surface area contributed by atoms with Crippen molar-refractivity contribution in [3.63, 3.8) is 0 Å². The van der Waals surface area contributed by atoms with Gasteiger partial charge in [0.05, 0.1) is 4.90 Å². The van der Waals surface area contributed by atoms with Crippen molar-refractivity contribution in [2.24, 2.45) is 0 Å². The van der Waals surface area contributed by atoms with E-state index < -0.39 is 10.0 Å². The van der Waals surface area contributed by atoms with Gasteiger partial charge in [0.15, 0.2) is 5.82 Å². The summed E-state index contributed by atoms with van der Waals surface area (Å²) >= 11 is 0. The third-order valence-electron chi connectivity index (χ3n) is 4.94. The van der Waals surface area contributed by atoms with Crippen molar-refractivity contribution in [3.8, 4) is 11.5 Å². The lowest BCUT2D eigenvalue weighted by Gasteiger charge is -2.29. The van der Waals surface area contributed by atoms with Crippen LogP contribution < -0.4 is 0 Å². The molecule has 0 amide bonds. The molecule has 2 heterocycles. The molecule has 0 unspecified atom stereocenters. The van der Waals surface area contributed by atoms with E-state index >= 15 is 0 Å². The number of aromatic nitrogens is 2. The number of benzene rings is 2. The van der Waals surface area contributed by atoms with Crippen molar-refractivity contribution in [2.75, 3.05) is 13.1 Å². The van der Waals surface area contributed by atoms with Crippen molar-refractivity contribution in [1.82, 2.24) is 14.4 Å². The second kappa shape index (κ2) is 7.25. The van der Waals surface area contributed by atoms with Gasteiger partial charge in [0.1, 0.15) is 0 Å². The average molecular weight is 383 g/mol. The Morgan fingerprint density at radius 3 is 2.33 bits per heavy atom. The molecule has 4 rings (SSSR count). The smallest absolute Gasteiger partial charge is 0.257 e. The van der Waals surface area contributed by atoms with Crippen LogP contribution in [0.15, 0.2) is 64.0 Å². The third-order valence-corrected chi connectivity index (χ3v) is 6.85. The fraction of sp³-hybridized carbons (Fsp3) is 0.300. The van der Waals surface area contributed by atoms with Gasteiger partial charge in [-0.2, -0.15) is 9.29 Å². The highest BCUT2D eigenvalue weighted by Gasteiger charge is 2.31. The lowest BCUT2D eigenvalue weighted by molar-refractivity contribution is 0.307. The molecule has 1 aliphatic heterocycles. The molecule has 2 aromatic carbocycles. The topological polar surface area (TPSA) is 76.3 Å². The summed E-state index contributed by atoms with van der Waals surface area (Å²) in [6.45, 7) is 2.85. The maximum absolute atomic E-state index is 12.8. The van der Waals surface area contributed by atoms with E-state index in [1.54, 1.807) is 16.4 Å². The molecule has 1 aromatic heterocycles. The zero-order valence-corrected chi connectivity index (χ0v) is 15.9. The zero-order chi connectivity index (χ0) is 18.9. The lowest BCUT2D eigenvalue weighted by Crippen LogP contribution is -2.38. The summed E-state index contributed by atoms with van der Waals surface area (Å²) < 4.78 is 32.5. The van der Waals surface area contributed by atoms with Crippen LogP contribution in [-0.4, -0.2) is 36.0 Å². The van der Waals surface area contributed by atoms with E-state index in [4.69, 9.17) is 4.52 Å². The Bertz CT molecular complexity index is 1010. The van der Waals surface area contributed by atoms with Crippen LogP contribution in [0.5, 0.6) is 0 Å². The first-order valence-electron chi connectivity index (χ1n) is 9.00. The summed E-state index contributed by atoms with van der Waals surface area (Å²) in [7, 11) is -3.45. The van der Waals surface area contributed by atoms with Crippen molar-refractivity contribution in [3.05, 3.63) is 66.0 Å². The number of hydrogen-bond donors (Lipinski definition) is 0. The predicted octanol–water partition coefficient (Wildman–Crippen LogP) is 3.61. The normalized spacial score (nSPS) is 16.5. The molecule has 1 fully saturated rings. The van der Waals surface area contributed by atoms with Gasteiger partial charge in [-0.1, -0.05) is 41.1 Å². The molecule has 27 heavy (non-hydrogen) atoms. The van der Waals surface area contributed by atoms with E-state index in [0.717, 1.165) is 11.1 Å². The Kier molecular flexibility index (Phi) is 4.80. The Balaban J connectivity index is 1.45. The summed E-state index contributed by atoms with van der Waals surface area (Å²) in [4.78, 5) is 4.86. The highest BCUT2D eigenvalue weighted by atomic mass is 32.2. The van der Waals surface area contributed by atoms with Gasteiger partial charge >= 0.3 is 0 Å². The van der Waals surface area contributed by atoms with Gasteiger partial charge in [-0.25, -0.2) is 8.42 Å². The molecule has 0 aliphatic carbocycles. The van der Waals surface area contributed by atoms with E-state index in [9.17, 15) is 8.42 Å². The summed E-state index contributed by atoms with van der Waals surface area (Å²) in [5, 5.41) is 4.12. The fourth-order valence-electron chi connectivity index (χ4n) is 3.31. The Labute approximate surface area is 158 Å². The molecule has 0 atom stereocenters. The summed E-state index contributed by atoms with van der Waals surface area (Å²) in [6.07, 6.45) is 1.36. The van der Waals surface area contributed by atoms with Gasteiger partial charge in [-0.15, -0.1) is 0 Å². The van der Waals surface area contributed by atoms with E-state index in [0.29, 0.717) is 42.5 Å². The minimum Gasteiger partial charge on any atom is -0.334 e. The summed E-state index contributed by atoms with van der Waals surface area (Å²) in [5.74, 6) is 1.26. The molecular formula is C20H21N3O3S. The van der Waals surface area contributed by atoms with Crippen molar-refractivity contribution < 1.29 is 12.9 Å². The maximum atomic E-state index is 12.8. The van der Waals surface area contributed by atoms with Gasteiger partial charge in [0.2, 0.25) is 10.0 Å². The van der Waals surface area contributed by atoms with Crippen LogP contribution in [-0.2, 0) is 10.0 Å². The first kappa shape index (κ1) is 17.9. The first-order chi connectivity index (χ1) is 13.0. The monoisotopic (exact) mass is 383 g/mol. The molecule has 140 valence electrons.